The number of carbonyl (C=O) groups is 1. The van der Waals surface area contributed by atoms with Crippen molar-refractivity contribution in [3.8, 4) is 0 Å². The van der Waals surface area contributed by atoms with Crippen molar-refractivity contribution in [2.45, 2.75) is 6.42 Å². The van der Waals surface area contributed by atoms with Crippen LogP contribution in [0.3, 0.4) is 0 Å². The summed E-state index contributed by atoms with van der Waals surface area (Å²) in [7, 11) is -3.52. The molecule has 8 heteroatoms. The highest BCUT2D eigenvalue weighted by molar-refractivity contribution is 7.86. The fourth-order valence-electron chi connectivity index (χ4n) is 1.92. The Balaban J connectivity index is 2.09. The van der Waals surface area contributed by atoms with E-state index in [0.717, 1.165) is 0 Å². The van der Waals surface area contributed by atoms with E-state index < -0.39 is 10.2 Å². The number of hydrogen-bond donors (Lipinski definition) is 1. The molecule has 0 aromatic heterocycles. The molecule has 1 amide bonds. The third-order valence-electron chi connectivity index (χ3n) is 2.85. The number of hydrogen-bond acceptors (Lipinski definition) is 4. The van der Waals surface area contributed by atoms with E-state index in [1.54, 1.807) is 0 Å². The van der Waals surface area contributed by atoms with E-state index in [-0.39, 0.29) is 12.5 Å². The van der Waals surface area contributed by atoms with Gasteiger partial charge in [-0.3, -0.25) is 4.79 Å². The number of nitrogens with zero attached hydrogens (tertiary/aromatic N) is 2. The van der Waals surface area contributed by atoms with Gasteiger partial charge in [0.15, 0.2) is 0 Å². The smallest absolute Gasteiger partial charge is 0.282 e. The van der Waals surface area contributed by atoms with E-state index in [0.29, 0.717) is 45.8 Å². The van der Waals surface area contributed by atoms with Crippen molar-refractivity contribution in [3.63, 3.8) is 0 Å². The molecular weight excluding hydrogens is 246 g/mol. The van der Waals surface area contributed by atoms with E-state index in [2.05, 4.69) is 5.32 Å². The highest BCUT2D eigenvalue weighted by Gasteiger charge is 2.32. The lowest BCUT2D eigenvalue weighted by Gasteiger charge is -2.30. The predicted molar refractivity (Wildman–Crippen MR) is 60.5 cm³/mol. The van der Waals surface area contributed by atoms with Gasteiger partial charge in [-0.1, -0.05) is 0 Å². The lowest BCUT2D eigenvalue weighted by Crippen LogP contribution is -2.50. The van der Waals surface area contributed by atoms with Crippen LogP contribution < -0.4 is 5.32 Å². The number of amides is 1. The first-order chi connectivity index (χ1) is 8.10. The number of ether oxygens (including phenoxy) is 1. The molecule has 0 aliphatic carbocycles. The summed E-state index contributed by atoms with van der Waals surface area (Å²) in [5.74, 6) is -0.237. The molecule has 17 heavy (non-hydrogen) atoms. The zero-order valence-corrected chi connectivity index (χ0v) is 10.4. The molecule has 0 bridgehead atoms. The molecule has 1 N–H and O–H groups in total. The average Bonchev–Trinajstić information content (AvgIpc) is 2.55. The molecule has 7 nitrogen and oxygen atoms in total. The zero-order valence-electron chi connectivity index (χ0n) is 9.59. The first-order valence-electron chi connectivity index (χ1n) is 5.70. The highest BCUT2D eigenvalue weighted by atomic mass is 32.2. The normalized spacial score (nSPS) is 25.3. The van der Waals surface area contributed by atoms with Gasteiger partial charge in [0.25, 0.3) is 10.2 Å². The Hall–Kier alpha value is -0.700. The molecule has 98 valence electrons. The van der Waals surface area contributed by atoms with E-state index in [1.807, 2.05) is 0 Å². The molecular formula is C9H17N3O4S. The van der Waals surface area contributed by atoms with Gasteiger partial charge >= 0.3 is 0 Å². The van der Waals surface area contributed by atoms with Gasteiger partial charge in [-0.15, -0.1) is 0 Å². The fraction of sp³-hybridized carbons (Fsp3) is 0.889. The zero-order chi connectivity index (χ0) is 12.3. The van der Waals surface area contributed by atoms with Crippen LogP contribution in [-0.4, -0.2) is 68.9 Å². The SMILES string of the molecule is O=C1CN(S(=O)(=O)N2CCOCC2)CCCN1. The number of rotatable bonds is 2. The van der Waals surface area contributed by atoms with Crippen LogP contribution in [0.2, 0.25) is 0 Å². The van der Waals surface area contributed by atoms with Gasteiger partial charge in [0.2, 0.25) is 5.91 Å². The molecule has 0 unspecified atom stereocenters. The minimum Gasteiger partial charge on any atom is -0.379 e. The highest BCUT2D eigenvalue weighted by Crippen LogP contribution is 2.12. The summed E-state index contributed by atoms with van der Waals surface area (Å²) in [5.41, 5.74) is 0. The topological polar surface area (TPSA) is 79.0 Å². The van der Waals surface area contributed by atoms with Gasteiger partial charge in [0, 0.05) is 26.2 Å². The number of morpholine rings is 1. The molecule has 0 saturated carbocycles. The van der Waals surface area contributed by atoms with Gasteiger partial charge in [-0.25, -0.2) is 0 Å². The Morgan fingerprint density at radius 1 is 1.12 bits per heavy atom. The third kappa shape index (κ3) is 2.95. The van der Waals surface area contributed by atoms with Crippen LogP contribution in [-0.2, 0) is 19.7 Å². The summed E-state index contributed by atoms with van der Waals surface area (Å²) in [5, 5.41) is 2.66. The van der Waals surface area contributed by atoms with Gasteiger partial charge in [-0.05, 0) is 6.42 Å². The molecule has 0 radical (unpaired) electrons. The summed E-state index contributed by atoms with van der Waals surface area (Å²) < 4.78 is 32.3. The standard InChI is InChI=1S/C9H17N3O4S/c13-9-8-12(3-1-2-10-9)17(14,15)11-4-6-16-7-5-11/h1-8H2,(H,10,13). The minimum absolute atomic E-state index is 0.0836. The Labute approximate surface area is 101 Å². The van der Waals surface area contributed by atoms with E-state index in [9.17, 15) is 13.2 Å². The van der Waals surface area contributed by atoms with Gasteiger partial charge in [0.05, 0.1) is 19.8 Å². The van der Waals surface area contributed by atoms with Crippen molar-refractivity contribution in [2.75, 3.05) is 45.9 Å². The maximum absolute atomic E-state index is 12.3. The molecule has 0 aromatic carbocycles. The summed E-state index contributed by atoms with van der Waals surface area (Å²) in [6, 6.07) is 0. The summed E-state index contributed by atoms with van der Waals surface area (Å²) in [4.78, 5) is 11.4. The Kier molecular flexibility index (Phi) is 3.97. The van der Waals surface area contributed by atoms with Gasteiger partial charge in [-0.2, -0.15) is 17.0 Å². The summed E-state index contributed by atoms with van der Waals surface area (Å²) >= 11 is 0. The fourth-order valence-corrected chi connectivity index (χ4v) is 3.49. The van der Waals surface area contributed by atoms with Crippen molar-refractivity contribution in [1.29, 1.82) is 0 Å². The first kappa shape index (κ1) is 12.7. The lowest BCUT2D eigenvalue weighted by atomic mass is 10.4. The van der Waals surface area contributed by atoms with Crippen LogP contribution in [0, 0.1) is 0 Å². The minimum atomic E-state index is -3.52. The molecule has 0 spiro atoms. The number of nitrogens with one attached hydrogen (secondary N) is 1. The van der Waals surface area contributed by atoms with Crippen LogP contribution in [0.15, 0.2) is 0 Å². The van der Waals surface area contributed by atoms with Crippen molar-refractivity contribution < 1.29 is 17.9 Å². The summed E-state index contributed by atoms with van der Waals surface area (Å²) in [6.45, 7) is 2.39. The molecule has 0 aromatic rings. The number of carbonyl (C=O) groups excluding carboxylic acids is 1. The molecule has 2 rings (SSSR count). The monoisotopic (exact) mass is 263 g/mol. The Morgan fingerprint density at radius 3 is 2.53 bits per heavy atom. The molecule has 2 heterocycles. The second kappa shape index (κ2) is 5.30. The van der Waals surface area contributed by atoms with Gasteiger partial charge in [0.1, 0.15) is 0 Å². The first-order valence-corrected chi connectivity index (χ1v) is 7.10. The van der Waals surface area contributed by atoms with Crippen molar-refractivity contribution in [2.24, 2.45) is 0 Å². The van der Waals surface area contributed by atoms with Crippen molar-refractivity contribution in [1.82, 2.24) is 13.9 Å². The van der Waals surface area contributed by atoms with Crippen LogP contribution in [0.25, 0.3) is 0 Å². The van der Waals surface area contributed by atoms with Crippen LogP contribution >= 0.6 is 0 Å². The molecule has 2 fully saturated rings. The molecule has 2 aliphatic heterocycles. The van der Waals surface area contributed by atoms with E-state index >= 15 is 0 Å². The second-order valence-electron chi connectivity index (χ2n) is 4.06. The van der Waals surface area contributed by atoms with Crippen LogP contribution in [0.5, 0.6) is 0 Å². The lowest BCUT2D eigenvalue weighted by molar-refractivity contribution is -0.120. The van der Waals surface area contributed by atoms with E-state index in [4.69, 9.17) is 4.74 Å². The maximum atomic E-state index is 12.3. The van der Waals surface area contributed by atoms with E-state index in [1.165, 1.54) is 8.61 Å². The average molecular weight is 263 g/mol. The second-order valence-corrected chi connectivity index (χ2v) is 5.98. The van der Waals surface area contributed by atoms with Crippen LogP contribution in [0.1, 0.15) is 6.42 Å². The molecule has 2 aliphatic rings. The van der Waals surface area contributed by atoms with Crippen LogP contribution in [0.4, 0.5) is 0 Å². The maximum Gasteiger partial charge on any atom is 0.282 e. The van der Waals surface area contributed by atoms with Gasteiger partial charge < -0.3 is 10.1 Å². The molecule has 0 atom stereocenters. The summed E-state index contributed by atoms with van der Waals surface area (Å²) in [6.07, 6.45) is 0.648. The third-order valence-corrected chi connectivity index (χ3v) is 4.83. The largest absolute Gasteiger partial charge is 0.379 e. The Morgan fingerprint density at radius 2 is 1.82 bits per heavy atom. The predicted octanol–water partition coefficient (Wildman–Crippen LogP) is -1.61. The van der Waals surface area contributed by atoms with Crippen molar-refractivity contribution >= 4 is 16.1 Å². The van der Waals surface area contributed by atoms with Crippen molar-refractivity contribution in [3.05, 3.63) is 0 Å². The quantitative estimate of drug-likeness (QED) is 0.650. The molecule has 2 saturated heterocycles. The Bertz CT molecular complexity index is 378.